The standard InChI is InChI=1S/C15H18N2O6S/c1-9-7-16(8-13(23-9)15(19)20)14(18)10(2)24-12-5-3-11(4-6-12)17(21)22/h3-6,9-10,13H,7-8H2,1-2H3,(H,19,20)/t9-,10?,13?/m1/s1. The van der Waals surface area contributed by atoms with Crippen LogP contribution in [0.3, 0.4) is 0 Å². The molecule has 0 spiro atoms. The molecule has 0 bridgehead atoms. The summed E-state index contributed by atoms with van der Waals surface area (Å²) in [5, 5.41) is 19.3. The first kappa shape index (κ1) is 18.2. The molecule has 1 aromatic rings. The second-order valence-electron chi connectivity index (χ2n) is 5.53. The number of carbonyl (C=O) groups is 2. The Balaban J connectivity index is 2.00. The molecule has 3 atom stereocenters. The third kappa shape index (κ3) is 4.45. The maximum Gasteiger partial charge on any atom is 0.334 e. The second-order valence-corrected chi connectivity index (χ2v) is 6.94. The first-order chi connectivity index (χ1) is 11.3. The quantitative estimate of drug-likeness (QED) is 0.487. The molecule has 1 aromatic carbocycles. The molecule has 1 aliphatic rings. The van der Waals surface area contributed by atoms with E-state index in [4.69, 9.17) is 9.84 Å². The Kier molecular flexibility index (Phi) is 5.79. The van der Waals surface area contributed by atoms with Crippen molar-refractivity contribution in [3.05, 3.63) is 34.4 Å². The molecule has 0 aliphatic carbocycles. The van der Waals surface area contributed by atoms with Gasteiger partial charge in [0.15, 0.2) is 6.10 Å². The van der Waals surface area contributed by atoms with Crippen molar-refractivity contribution in [3.8, 4) is 0 Å². The number of carbonyl (C=O) groups excluding carboxylic acids is 1. The van der Waals surface area contributed by atoms with E-state index in [2.05, 4.69) is 0 Å². The van der Waals surface area contributed by atoms with Crippen molar-refractivity contribution in [1.82, 2.24) is 4.90 Å². The molecule has 1 heterocycles. The van der Waals surface area contributed by atoms with Gasteiger partial charge in [-0.3, -0.25) is 14.9 Å². The van der Waals surface area contributed by atoms with Gasteiger partial charge in [0.2, 0.25) is 5.91 Å². The maximum atomic E-state index is 12.5. The zero-order chi connectivity index (χ0) is 17.9. The highest BCUT2D eigenvalue weighted by molar-refractivity contribution is 8.00. The molecule has 0 aromatic heterocycles. The van der Waals surface area contributed by atoms with Gasteiger partial charge >= 0.3 is 5.97 Å². The Morgan fingerprint density at radius 1 is 1.38 bits per heavy atom. The van der Waals surface area contributed by atoms with Crippen LogP contribution in [0.4, 0.5) is 5.69 Å². The predicted molar refractivity (Wildman–Crippen MR) is 87.0 cm³/mol. The largest absolute Gasteiger partial charge is 0.479 e. The maximum absolute atomic E-state index is 12.5. The molecule has 0 radical (unpaired) electrons. The van der Waals surface area contributed by atoms with Gasteiger partial charge in [-0.25, -0.2) is 4.79 Å². The number of carboxylic acids is 1. The molecule has 1 aliphatic heterocycles. The molecule has 2 rings (SSSR count). The molecule has 24 heavy (non-hydrogen) atoms. The molecule has 1 N–H and O–H groups in total. The number of benzene rings is 1. The van der Waals surface area contributed by atoms with E-state index in [-0.39, 0.29) is 24.2 Å². The Morgan fingerprint density at radius 2 is 2.00 bits per heavy atom. The summed E-state index contributed by atoms with van der Waals surface area (Å²) < 4.78 is 5.30. The predicted octanol–water partition coefficient (Wildman–Crippen LogP) is 1.78. The van der Waals surface area contributed by atoms with Crippen LogP contribution in [0.2, 0.25) is 0 Å². The van der Waals surface area contributed by atoms with Gasteiger partial charge in [-0.05, 0) is 26.0 Å². The van der Waals surface area contributed by atoms with Crippen LogP contribution in [0, 0.1) is 10.1 Å². The highest BCUT2D eigenvalue weighted by Crippen LogP contribution is 2.27. The fraction of sp³-hybridized carbons (Fsp3) is 0.467. The van der Waals surface area contributed by atoms with Gasteiger partial charge in [-0.1, -0.05) is 0 Å². The van der Waals surface area contributed by atoms with Crippen LogP contribution in [-0.2, 0) is 14.3 Å². The first-order valence-corrected chi connectivity index (χ1v) is 8.24. The lowest BCUT2D eigenvalue weighted by Crippen LogP contribution is -2.53. The molecule has 8 nitrogen and oxygen atoms in total. The topological polar surface area (TPSA) is 110 Å². The third-order valence-corrected chi connectivity index (χ3v) is 4.66. The zero-order valence-corrected chi connectivity index (χ0v) is 14.1. The van der Waals surface area contributed by atoms with E-state index < -0.39 is 22.2 Å². The van der Waals surface area contributed by atoms with Crippen molar-refractivity contribution >= 4 is 29.3 Å². The highest BCUT2D eigenvalue weighted by Gasteiger charge is 2.34. The number of aliphatic carboxylic acids is 1. The van der Waals surface area contributed by atoms with Crippen LogP contribution in [-0.4, -0.2) is 57.4 Å². The van der Waals surface area contributed by atoms with Gasteiger partial charge in [0.25, 0.3) is 5.69 Å². The smallest absolute Gasteiger partial charge is 0.334 e. The number of nitro groups is 1. The molecule has 2 unspecified atom stereocenters. The van der Waals surface area contributed by atoms with E-state index in [9.17, 15) is 19.7 Å². The molecule has 1 amide bonds. The van der Waals surface area contributed by atoms with E-state index in [1.165, 1.54) is 28.8 Å². The summed E-state index contributed by atoms with van der Waals surface area (Å²) >= 11 is 1.27. The first-order valence-electron chi connectivity index (χ1n) is 7.36. The van der Waals surface area contributed by atoms with Crippen molar-refractivity contribution in [2.45, 2.75) is 36.2 Å². The molecule has 0 saturated carbocycles. The fourth-order valence-electron chi connectivity index (χ4n) is 2.43. The van der Waals surface area contributed by atoms with Crippen LogP contribution < -0.4 is 0 Å². The number of ether oxygens (including phenoxy) is 1. The summed E-state index contributed by atoms with van der Waals surface area (Å²) in [6.45, 7) is 3.81. The Labute approximate surface area is 142 Å². The van der Waals surface area contributed by atoms with E-state index >= 15 is 0 Å². The van der Waals surface area contributed by atoms with Gasteiger partial charge in [0, 0.05) is 23.6 Å². The Bertz CT molecular complexity index is 635. The highest BCUT2D eigenvalue weighted by atomic mass is 32.2. The number of thioether (sulfide) groups is 1. The molecule has 1 fully saturated rings. The van der Waals surface area contributed by atoms with E-state index in [1.54, 1.807) is 26.0 Å². The van der Waals surface area contributed by atoms with Crippen LogP contribution in [0.1, 0.15) is 13.8 Å². The number of nitrogens with zero attached hydrogens (tertiary/aromatic N) is 2. The second kappa shape index (κ2) is 7.63. The molecular weight excluding hydrogens is 336 g/mol. The summed E-state index contributed by atoms with van der Waals surface area (Å²) in [4.78, 5) is 36.0. The average molecular weight is 354 g/mol. The van der Waals surface area contributed by atoms with Gasteiger partial charge in [0.1, 0.15) is 0 Å². The molecule has 130 valence electrons. The van der Waals surface area contributed by atoms with E-state index in [0.717, 1.165) is 4.90 Å². The summed E-state index contributed by atoms with van der Waals surface area (Å²) in [6.07, 6.45) is -1.37. The van der Waals surface area contributed by atoms with E-state index in [1.807, 2.05) is 0 Å². The van der Waals surface area contributed by atoms with Crippen molar-refractivity contribution in [2.24, 2.45) is 0 Å². The zero-order valence-electron chi connectivity index (χ0n) is 13.2. The number of morpholine rings is 1. The minimum Gasteiger partial charge on any atom is -0.479 e. The average Bonchev–Trinajstić information content (AvgIpc) is 2.53. The molecular formula is C15H18N2O6S. The third-order valence-electron chi connectivity index (χ3n) is 3.56. The van der Waals surface area contributed by atoms with Gasteiger partial charge in [-0.2, -0.15) is 0 Å². The monoisotopic (exact) mass is 354 g/mol. The van der Waals surface area contributed by atoms with Crippen LogP contribution in [0.15, 0.2) is 29.2 Å². The molecule has 9 heteroatoms. The lowest BCUT2D eigenvalue weighted by molar-refractivity contribution is -0.384. The lowest BCUT2D eigenvalue weighted by Gasteiger charge is -2.36. The number of rotatable bonds is 5. The normalized spacial score (nSPS) is 22.0. The summed E-state index contributed by atoms with van der Waals surface area (Å²) in [5.41, 5.74) is -0.00960. The van der Waals surface area contributed by atoms with Gasteiger partial charge in [0.05, 0.1) is 22.8 Å². The van der Waals surface area contributed by atoms with Gasteiger partial charge < -0.3 is 14.7 Å². The van der Waals surface area contributed by atoms with Crippen LogP contribution in [0.5, 0.6) is 0 Å². The lowest BCUT2D eigenvalue weighted by atomic mass is 10.2. The van der Waals surface area contributed by atoms with Crippen LogP contribution >= 0.6 is 11.8 Å². The minimum atomic E-state index is -1.09. The summed E-state index contributed by atoms with van der Waals surface area (Å²) in [5.74, 6) is -1.27. The van der Waals surface area contributed by atoms with Crippen molar-refractivity contribution in [3.63, 3.8) is 0 Å². The number of carboxylic acid groups (broad SMARTS) is 1. The SMILES string of the molecule is CC(Sc1ccc([N+](=O)[O-])cc1)C(=O)N1CC(C(=O)O)O[C@H](C)C1. The number of hydrogen-bond acceptors (Lipinski definition) is 6. The fourth-order valence-corrected chi connectivity index (χ4v) is 3.38. The van der Waals surface area contributed by atoms with Crippen molar-refractivity contribution in [2.75, 3.05) is 13.1 Å². The minimum absolute atomic E-state index is 0.00960. The van der Waals surface area contributed by atoms with Gasteiger partial charge in [-0.15, -0.1) is 11.8 Å². The number of non-ortho nitro benzene ring substituents is 1. The van der Waals surface area contributed by atoms with E-state index in [0.29, 0.717) is 6.54 Å². The Hall–Kier alpha value is -2.13. The van der Waals surface area contributed by atoms with Crippen molar-refractivity contribution in [1.29, 1.82) is 0 Å². The summed E-state index contributed by atoms with van der Waals surface area (Å²) in [6, 6.07) is 5.96. The molecule has 1 saturated heterocycles. The Morgan fingerprint density at radius 3 is 2.54 bits per heavy atom. The number of nitro benzene ring substituents is 1. The van der Waals surface area contributed by atoms with Crippen LogP contribution in [0.25, 0.3) is 0 Å². The summed E-state index contributed by atoms with van der Waals surface area (Å²) in [7, 11) is 0. The van der Waals surface area contributed by atoms with Crippen molar-refractivity contribution < 1.29 is 24.4 Å². The number of amides is 1. The number of hydrogen-bond donors (Lipinski definition) is 1.